The topological polar surface area (TPSA) is 36.5 Å². The molecule has 3 rings (SSSR count). The molecule has 2 fully saturated rings. The molecule has 0 atom stereocenters. The summed E-state index contributed by atoms with van der Waals surface area (Å²) in [4.78, 5) is 0. The lowest BCUT2D eigenvalue weighted by Gasteiger charge is -2.24. The zero-order chi connectivity index (χ0) is 12.6. The molecule has 0 aromatic heterocycles. The number of methoxy groups -OCH3 is 1. The summed E-state index contributed by atoms with van der Waals surface area (Å²) in [6.45, 7) is 0. The fourth-order valence-corrected chi connectivity index (χ4v) is 3.03. The molecule has 1 aliphatic heterocycles. The van der Waals surface area contributed by atoms with Crippen LogP contribution >= 0.6 is 12.2 Å². The highest BCUT2D eigenvalue weighted by Gasteiger charge is 2.42. The van der Waals surface area contributed by atoms with Gasteiger partial charge in [-0.1, -0.05) is 0 Å². The first kappa shape index (κ1) is 11.7. The lowest BCUT2D eigenvalue weighted by Crippen LogP contribution is -2.48. The number of rotatable bonds is 2. The summed E-state index contributed by atoms with van der Waals surface area (Å²) >= 11 is 5.41. The molecule has 0 unspecified atom stereocenters. The van der Waals surface area contributed by atoms with E-state index in [-0.39, 0.29) is 5.66 Å². The molecule has 18 heavy (non-hydrogen) atoms. The number of nitrogens with one attached hydrogen (secondary N) is 2. The number of thiocarbonyl (C=S) groups is 1. The molecular weight excluding hydrogens is 246 g/mol. The van der Waals surface area contributed by atoms with Crippen LogP contribution in [0.2, 0.25) is 0 Å². The van der Waals surface area contributed by atoms with Crippen LogP contribution in [0.25, 0.3) is 0 Å². The van der Waals surface area contributed by atoms with E-state index in [0.717, 1.165) is 29.4 Å². The normalized spacial score (nSPS) is 21.4. The quantitative estimate of drug-likeness (QED) is 0.800. The van der Waals surface area contributed by atoms with Crippen molar-refractivity contribution in [1.82, 2.24) is 10.7 Å². The molecule has 1 aromatic rings. The molecule has 1 aromatic carbocycles. The Hall–Kier alpha value is -1.33. The van der Waals surface area contributed by atoms with Gasteiger partial charge in [-0.2, -0.15) is 0 Å². The first-order chi connectivity index (χ1) is 8.72. The van der Waals surface area contributed by atoms with Gasteiger partial charge in [-0.25, -0.2) is 5.43 Å². The summed E-state index contributed by atoms with van der Waals surface area (Å²) in [6.07, 6.45) is 4.75. The second-order valence-corrected chi connectivity index (χ2v) is 5.25. The van der Waals surface area contributed by atoms with Gasteiger partial charge in [-0.3, -0.25) is 5.01 Å². The fourth-order valence-electron chi connectivity index (χ4n) is 2.68. The highest BCUT2D eigenvalue weighted by atomic mass is 32.1. The lowest BCUT2D eigenvalue weighted by atomic mass is 10.1. The van der Waals surface area contributed by atoms with Crippen molar-refractivity contribution in [3.05, 3.63) is 24.3 Å². The van der Waals surface area contributed by atoms with Crippen LogP contribution in [0.4, 0.5) is 5.69 Å². The molecule has 1 spiro atoms. The third kappa shape index (κ3) is 1.93. The van der Waals surface area contributed by atoms with Crippen molar-refractivity contribution in [2.24, 2.45) is 0 Å². The number of hydrogen-bond acceptors (Lipinski definition) is 3. The molecule has 1 saturated heterocycles. The minimum atomic E-state index is -0.0169. The van der Waals surface area contributed by atoms with Crippen molar-refractivity contribution in [3.63, 3.8) is 0 Å². The maximum atomic E-state index is 5.41. The number of benzene rings is 1. The van der Waals surface area contributed by atoms with E-state index >= 15 is 0 Å². The number of hydrazine groups is 1. The molecule has 0 radical (unpaired) electrons. The SMILES string of the molecule is COc1ccc(N2NC3(CCCC3)NC2=S)cc1. The number of anilines is 1. The van der Waals surface area contributed by atoms with Gasteiger partial charge >= 0.3 is 0 Å². The molecule has 2 N–H and O–H groups in total. The van der Waals surface area contributed by atoms with E-state index < -0.39 is 0 Å². The summed E-state index contributed by atoms with van der Waals surface area (Å²) in [5, 5.41) is 6.13. The van der Waals surface area contributed by atoms with Gasteiger partial charge in [0, 0.05) is 0 Å². The Morgan fingerprint density at radius 1 is 1.22 bits per heavy atom. The monoisotopic (exact) mass is 263 g/mol. The molecule has 1 aliphatic carbocycles. The maximum absolute atomic E-state index is 5.41. The molecule has 1 heterocycles. The Morgan fingerprint density at radius 2 is 1.89 bits per heavy atom. The van der Waals surface area contributed by atoms with Crippen molar-refractivity contribution in [3.8, 4) is 5.75 Å². The van der Waals surface area contributed by atoms with Crippen LogP contribution in [0.15, 0.2) is 24.3 Å². The largest absolute Gasteiger partial charge is 0.497 e. The number of nitrogens with zero attached hydrogens (tertiary/aromatic N) is 1. The van der Waals surface area contributed by atoms with Crippen LogP contribution in [0.5, 0.6) is 5.75 Å². The second kappa shape index (κ2) is 4.40. The number of hydrogen-bond donors (Lipinski definition) is 2. The smallest absolute Gasteiger partial charge is 0.189 e. The Balaban J connectivity index is 1.81. The van der Waals surface area contributed by atoms with Crippen LogP contribution < -0.4 is 20.5 Å². The molecule has 2 aliphatic rings. The molecule has 4 nitrogen and oxygen atoms in total. The Bertz CT molecular complexity index is 454. The van der Waals surface area contributed by atoms with E-state index in [2.05, 4.69) is 10.7 Å². The predicted octanol–water partition coefficient (Wildman–Crippen LogP) is 2.16. The van der Waals surface area contributed by atoms with Crippen molar-refractivity contribution in [2.45, 2.75) is 31.3 Å². The standard InChI is InChI=1S/C13H17N3OS/c1-17-11-6-4-10(5-7-11)16-12(18)14-13(15-16)8-2-3-9-13/h4-7,15H,2-3,8-9H2,1H3,(H,14,18). The van der Waals surface area contributed by atoms with Gasteiger partial charge in [0.1, 0.15) is 11.4 Å². The Labute approximate surface area is 112 Å². The Kier molecular flexibility index (Phi) is 2.87. The summed E-state index contributed by atoms with van der Waals surface area (Å²) < 4.78 is 5.16. The van der Waals surface area contributed by atoms with Gasteiger partial charge in [-0.15, -0.1) is 0 Å². The second-order valence-electron chi connectivity index (χ2n) is 4.86. The van der Waals surface area contributed by atoms with Crippen LogP contribution in [-0.4, -0.2) is 17.9 Å². The molecule has 5 heteroatoms. The fraction of sp³-hybridized carbons (Fsp3) is 0.462. The zero-order valence-corrected chi connectivity index (χ0v) is 11.2. The van der Waals surface area contributed by atoms with Crippen molar-refractivity contribution in [1.29, 1.82) is 0 Å². The first-order valence-corrected chi connectivity index (χ1v) is 6.67. The highest BCUT2D eigenvalue weighted by Crippen LogP contribution is 2.32. The van der Waals surface area contributed by atoms with Crippen molar-refractivity contribution in [2.75, 3.05) is 12.1 Å². The first-order valence-electron chi connectivity index (χ1n) is 6.27. The van der Waals surface area contributed by atoms with Crippen LogP contribution in [0.3, 0.4) is 0 Å². The third-order valence-electron chi connectivity index (χ3n) is 3.66. The van der Waals surface area contributed by atoms with E-state index in [1.54, 1.807) is 7.11 Å². The third-order valence-corrected chi connectivity index (χ3v) is 3.95. The zero-order valence-electron chi connectivity index (χ0n) is 10.4. The Morgan fingerprint density at radius 3 is 2.50 bits per heavy atom. The van der Waals surface area contributed by atoms with Gasteiger partial charge in [0.25, 0.3) is 0 Å². The van der Waals surface area contributed by atoms with Gasteiger partial charge in [0.2, 0.25) is 0 Å². The summed E-state index contributed by atoms with van der Waals surface area (Å²) in [5.41, 5.74) is 4.53. The van der Waals surface area contributed by atoms with E-state index in [1.165, 1.54) is 12.8 Å². The van der Waals surface area contributed by atoms with Crippen molar-refractivity contribution >= 4 is 23.0 Å². The summed E-state index contributed by atoms with van der Waals surface area (Å²) in [5.74, 6) is 0.854. The van der Waals surface area contributed by atoms with E-state index in [0.29, 0.717) is 0 Å². The van der Waals surface area contributed by atoms with Gasteiger partial charge < -0.3 is 10.1 Å². The van der Waals surface area contributed by atoms with E-state index in [9.17, 15) is 0 Å². The molecule has 0 bridgehead atoms. The van der Waals surface area contributed by atoms with Crippen LogP contribution in [0, 0.1) is 0 Å². The summed E-state index contributed by atoms with van der Waals surface area (Å²) in [7, 11) is 1.67. The maximum Gasteiger partial charge on any atom is 0.189 e. The highest BCUT2D eigenvalue weighted by molar-refractivity contribution is 7.80. The van der Waals surface area contributed by atoms with Gasteiger partial charge in [0.05, 0.1) is 12.8 Å². The summed E-state index contributed by atoms with van der Waals surface area (Å²) in [6, 6.07) is 7.90. The molecular formula is C13H17N3OS. The van der Waals surface area contributed by atoms with Crippen LogP contribution in [-0.2, 0) is 0 Å². The average Bonchev–Trinajstić information content (AvgIpc) is 2.97. The molecule has 1 saturated carbocycles. The van der Waals surface area contributed by atoms with Crippen LogP contribution in [0.1, 0.15) is 25.7 Å². The number of ether oxygens (including phenoxy) is 1. The van der Waals surface area contributed by atoms with E-state index in [4.69, 9.17) is 17.0 Å². The average molecular weight is 263 g/mol. The molecule has 0 amide bonds. The predicted molar refractivity (Wildman–Crippen MR) is 75.5 cm³/mol. The van der Waals surface area contributed by atoms with Crippen molar-refractivity contribution < 1.29 is 4.74 Å². The van der Waals surface area contributed by atoms with Gasteiger partial charge in [0.15, 0.2) is 5.11 Å². The van der Waals surface area contributed by atoms with Gasteiger partial charge in [-0.05, 0) is 62.2 Å². The molecule has 96 valence electrons. The van der Waals surface area contributed by atoms with E-state index in [1.807, 2.05) is 29.3 Å². The lowest BCUT2D eigenvalue weighted by molar-refractivity contribution is 0.349. The minimum absolute atomic E-state index is 0.0169. The minimum Gasteiger partial charge on any atom is -0.497 e.